The standard InChI is InChI=1S/C18H30N6O2/c1-21(2)13-16-19-20-17(24(16)15-3-4-15)14-5-7-22(8-6-14)18(25)23-9-11-26-12-10-23/h14-15H,3-13H2,1-2H3. The highest BCUT2D eigenvalue weighted by Crippen LogP contribution is 2.40. The van der Waals surface area contributed by atoms with E-state index in [1.165, 1.54) is 12.8 Å². The predicted molar refractivity (Wildman–Crippen MR) is 97.0 cm³/mol. The number of nitrogens with zero attached hydrogens (tertiary/aromatic N) is 6. The van der Waals surface area contributed by atoms with E-state index < -0.39 is 0 Å². The molecule has 8 nitrogen and oxygen atoms in total. The fraction of sp³-hybridized carbons (Fsp3) is 0.833. The Morgan fingerprint density at radius 2 is 1.69 bits per heavy atom. The molecule has 0 spiro atoms. The van der Waals surface area contributed by atoms with E-state index in [0.717, 1.165) is 44.1 Å². The number of likely N-dealkylation sites (tertiary alicyclic amines) is 1. The third-order valence-corrected chi connectivity index (χ3v) is 5.57. The molecule has 3 fully saturated rings. The Bertz CT molecular complexity index is 628. The van der Waals surface area contributed by atoms with Gasteiger partial charge in [0.25, 0.3) is 0 Å². The van der Waals surface area contributed by atoms with Gasteiger partial charge in [-0.2, -0.15) is 0 Å². The first-order valence-corrected chi connectivity index (χ1v) is 9.83. The van der Waals surface area contributed by atoms with Crippen molar-refractivity contribution in [3.8, 4) is 0 Å². The molecule has 3 aliphatic rings. The SMILES string of the molecule is CN(C)Cc1nnc(C2CCN(C(=O)N3CCOCC3)CC2)n1C1CC1. The number of aromatic nitrogens is 3. The van der Waals surface area contributed by atoms with Crippen LogP contribution in [0, 0.1) is 0 Å². The fourth-order valence-electron chi connectivity index (χ4n) is 4.02. The maximum absolute atomic E-state index is 12.7. The number of morpholine rings is 1. The first-order valence-electron chi connectivity index (χ1n) is 9.83. The zero-order valence-corrected chi connectivity index (χ0v) is 15.9. The summed E-state index contributed by atoms with van der Waals surface area (Å²) >= 11 is 0. The van der Waals surface area contributed by atoms with E-state index in [4.69, 9.17) is 4.74 Å². The van der Waals surface area contributed by atoms with Crippen LogP contribution in [0.5, 0.6) is 0 Å². The summed E-state index contributed by atoms with van der Waals surface area (Å²) in [6.45, 7) is 5.18. The quantitative estimate of drug-likeness (QED) is 0.808. The highest BCUT2D eigenvalue weighted by molar-refractivity contribution is 5.74. The lowest BCUT2D eigenvalue weighted by molar-refractivity contribution is 0.0410. The lowest BCUT2D eigenvalue weighted by atomic mass is 9.96. The Hall–Kier alpha value is -1.67. The molecular formula is C18H30N6O2. The first kappa shape index (κ1) is 17.7. The van der Waals surface area contributed by atoms with Gasteiger partial charge in [-0.25, -0.2) is 4.79 Å². The molecule has 8 heteroatoms. The lowest BCUT2D eigenvalue weighted by Crippen LogP contribution is -2.50. The van der Waals surface area contributed by atoms with Crippen LogP contribution in [0.2, 0.25) is 0 Å². The van der Waals surface area contributed by atoms with Crippen molar-refractivity contribution in [2.45, 2.75) is 44.2 Å². The topological polar surface area (TPSA) is 66.7 Å². The zero-order chi connectivity index (χ0) is 18.1. The van der Waals surface area contributed by atoms with Gasteiger partial charge in [0.15, 0.2) is 0 Å². The molecule has 4 rings (SSSR count). The van der Waals surface area contributed by atoms with Gasteiger partial charge in [-0.3, -0.25) is 0 Å². The molecular weight excluding hydrogens is 332 g/mol. The van der Waals surface area contributed by atoms with Crippen molar-refractivity contribution in [3.63, 3.8) is 0 Å². The maximum Gasteiger partial charge on any atom is 0.320 e. The third-order valence-electron chi connectivity index (χ3n) is 5.57. The van der Waals surface area contributed by atoms with Crippen LogP contribution in [0.1, 0.15) is 49.3 Å². The van der Waals surface area contributed by atoms with E-state index in [0.29, 0.717) is 38.3 Å². The number of rotatable bonds is 4. The lowest BCUT2D eigenvalue weighted by Gasteiger charge is -2.37. The molecule has 2 saturated heterocycles. The molecule has 0 unspecified atom stereocenters. The highest BCUT2D eigenvalue weighted by atomic mass is 16.5. The zero-order valence-electron chi connectivity index (χ0n) is 15.9. The van der Waals surface area contributed by atoms with Crippen molar-refractivity contribution < 1.29 is 9.53 Å². The van der Waals surface area contributed by atoms with Gasteiger partial charge in [0, 0.05) is 38.1 Å². The van der Waals surface area contributed by atoms with Gasteiger partial charge < -0.3 is 24.0 Å². The second-order valence-corrected chi connectivity index (χ2v) is 7.96. The van der Waals surface area contributed by atoms with Gasteiger partial charge in [0.05, 0.1) is 19.8 Å². The number of amides is 2. The minimum atomic E-state index is 0.170. The van der Waals surface area contributed by atoms with Gasteiger partial charge in [-0.15, -0.1) is 10.2 Å². The van der Waals surface area contributed by atoms with E-state index in [2.05, 4.69) is 33.8 Å². The average Bonchev–Trinajstić information content (AvgIpc) is 3.42. The van der Waals surface area contributed by atoms with E-state index in [-0.39, 0.29) is 6.03 Å². The molecule has 1 saturated carbocycles. The molecule has 1 aromatic rings. The third kappa shape index (κ3) is 3.71. The summed E-state index contributed by atoms with van der Waals surface area (Å²) in [6, 6.07) is 0.756. The van der Waals surface area contributed by atoms with Crippen LogP contribution in [0.25, 0.3) is 0 Å². The maximum atomic E-state index is 12.7. The van der Waals surface area contributed by atoms with E-state index in [1.54, 1.807) is 0 Å². The van der Waals surface area contributed by atoms with E-state index in [9.17, 15) is 4.79 Å². The number of urea groups is 1. The van der Waals surface area contributed by atoms with Crippen LogP contribution in [0.3, 0.4) is 0 Å². The number of carbonyl (C=O) groups is 1. The minimum absolute atomic E-state index is 0.170. The van der Waals surface area contributed by atoms with Crippen molar-refractivity contribution >= 4 is 6.03 Å². The number of hydrogen-bond donors (Lipinski definition) is 0. The summed E-state index contributed by atoms with van der Waals surface area (Å²) in [5.74, 6) is 2.63. The van der Waals surface area contributed by atoms with Crippen LogP contribution in [0.4, 0.5) is 4.79 Å². The molecule has 0 N–H and O–H groups in total. The molecule has 26 heavy (non-hydrogen) atoms. The van der Waals surface area contributed by atoms with E-state index >= 15 is 0 Å². The van der Waals surface area contributed by atoms with Crippen LogP contribution in [-0.4, -0.2) is 89.0 Å². The smallest absolute Gasteiger partial charge is 0.320 e. The normalized spacial score (nSPS) is 22.3. The van der Waals surface area contributed by atoms with Gasteiger partial charge in [0.2, 0.25) is 0 Å². The van der Waals surface area contributed by atoms with Crippen LogP contribution >= 0.6 is 0 Å². The molecule has 0 aromatic carbocycles. The summed E-state index contributed by atoms with van der Waals surface area (Å²) in [6.07, 6.45) is 4.42. The highest BCUT2D eigenvalue weighted by Gasteiger charge is 2.35. The summed E-state index contributed by atoms with van der Waals surface area (Å²) in [7, 11) is 4.14. The Morgan fingerprint density at radius 3 is 2.31 bits per heavy atom. The number of hydrogen-bond acceptors (Lipinski definition) is 5. The van der Waals surface area contributed by atoms with Crippen LogP contribution < -0.4 is 0 Å². The fourth-order valence-corrected chi connectivity index (χ4v) is 4.02. The monoisotopic (exact) mass is 362 g/mol. The Morgan fingerprint density at radius 1 is 1.04 bits per heavy atom. The molecule has 0 atom stereocenters. The summed E-state index contributed by atoms with van der Waals surface area (Å²) in [5, 5.41) is 9.06. The molecule has 1 aromatic heterocycles. The predicted octanol–water partition coefficient (Wildman–Crippen LogP) is 1.31. The van der Waals surface area contributed by atoms with Crippen molar-refractivity contribution in [2.75, 3.05) is 53.5 Å². The van der Waals surface area contributed by atoms with Crippen LogP contribution in [0.15, 0.2) is 0 Å². The van der Waals surface area contributed by atoms with Gasteiger partial charge >= 0.3 is 6.03 Å². The van der Waals surface area contributed by atoms with Crippen molar-refractivity contribution in [1.29, 1.82) is 0 Å². The summed E-state index contributed by atoms with van der Waals surface area (Å²) in [4.78, 5) is 18.7. The van der Waals surface area contributed by atoms with Gasteiger partial charge in [0.1, 0.15) is 11.6 Å². The molecule has 0 radical (unpaired) electrons. The first-order chi connectivity index (χ1) is 12.6. The molecule has 2 aliphatic heterocycles. The van der Waals surface area contributed by atoms with Gasteiger partial charge in [-0.05, 0) is 39.8 Å². The largest absolute Gasteiger partial charge is 0.378 e. The number of carbonyl (C=O) groups excluding carboxylic acids is 1. The second kappa shape index (κ2) is 7.52. The summed E-state index contributed by atoms with van der Waals surface area (Å²) in [5.41, 5.74) is 0. The molecule has 3 heterocycles. The van der Waals surface area contributed by atoms with Gasteiger partial charge in [-0.1, -0.05) is 0 Å². The average molecular weight is 362 g/mol. The van der Waals surface area contributed by atoms with Crippen LogP contribution in [-0.2, 0) is 11.3 Å². The number of piperidine rings is 1. The Balaban J connectivity index is 1.40. The minimum Gasteiger partial charge on any atom is -0.378 e. The molecule has 1 aliphatic carbocycles. The molecule has 2 amide bonds. The van der Waals surface area contributed by atoms with Crippen molar-refractivity contribution in [3.05, 3.63) is 11.6 Å². The molecule has 144 valence electrons. The van der Waals surface area contributed by atoms with Crippen molar-refractivity contribution in [2.24, 2.45) is 0 Å². The Kier molecular flexibility index (Phi) is 5.13. The summed E-state index contributed by atoms with van der Waals surface area (Å²) < 4.78 is 7.74. The molecule has 0 bridgehead atoms. The Labute approximate surface area is 155 Å². The second-order valence-electron chi connectivity index (χ2n) is 7.96. The number of ether oxygens (including phenoxy) is 1. The van der Waals surface area contributed by atoms with E-state index in [1.807, 2.05) is 9.80 Å². The van der Waals surface area contributed by atoms with Crippen molar-refractivity contribution in [1.82, 2.24) is 29.5 Å².